The van der Waals surface area contributed by atoms with Crippen molar-refractivity contribution in [2.75, 3.05) is 12.4 Å². The number of aromatic nitrogens is 1. The lowest BCUT2D eigenvalue weighted by molar-refractivity contribution is -0.137. The van der Waals surface area contributed by atoms with Gasteiger partial charge in [0.1, 0.15) is 5.82 Å². The van der Waals surface area contributed by atoms with Gasteiger partial charge in [0.25, 0.3) is 0 Å². The fourth-order valence-corrected chi connectivity index (χ4v) is 1.79. The van der Waals surface area contributed by atoms with Gasteiger partial charge in [-0.1, -0.05) is 19.6 Å². The Morgan fingerprint density at radius 3 is 2.55 bits per heavy atom. The maximum absolute atomic E-state index is 13.0. The summed E-state index contributed by atoms with van der Waals surface area (Å²) in [5.74, 6) is -0.212. The van der Waals surface area contributed by atoms with E-state index in [2.05, 4.69) is 10.3 Å². The van der Waals surface area contributed by atoms with E-state index in [1.807, 2.05) is 0 Å². The summed E-state index contributed by atoms with van der Waals surface area (Å²) in [6.45, 7) is 0.299. The van der Waals surface area contributed by atoms with Crippen LogP contribution in [0.2, 0.25) is 0 Å². The van der Waals surface area contributed by atoms with Crippen LogP contribution in [0.1, 0.15) is 18.6 Å². The van der Waals surface area contributed by atoms with Gasteiger partial charge in [0.05, 0.1) is 12.7 Å². The van der Waals surface area contributed by atoms with Crippen LogP contribution >= 0.6 is 0 Å². The Balaban J connectivity index is 0.00000242. The van der Waals surface area contributed by atoms with E-state index in [0.29, 0.717) is 12.2 Å². The minimum Gasteiger partial charge on any atom is -0.481 e. The monoisotopic (exact) mass is 313 g/mol. The minimum atomic E-state index is -4.51. The van der Waals surface area contributed by atoms with Crippen molar-refractivity contribution >= 4 is 11.5 Å². The zero-order valence-electron chi connectivity index (χ0n) is 11.2. The third-order valence-corrected chi connectivity index (χ3v) is 2.81. The Labute approximate surface area is 127 Å². The highest BCUT2D eigenvalue weighted by molar-refractivity contribution is 5.61. The molecule has 0 spiro atoms. The second-order valence-electron chi connectivity index (χ2n) is 4.28. The van der Waals surface area contributed by atoms with Gasteiger partial charge in [0.2, 0.25) is 5.88 Å². The lowest BCUT2D eigenvalue weighted by Crippen LogP contribution is -2.11. The molecule has 1 aromatic heterocycles. The molecular weight excluding hydrogens is 295 g/mol. The molecule has 2 rings (SSSR count). The molecule has 0 saturated carbocycles. The van der Waals surface area contributed by atoms with Crippen LogP contribution in [0.5, 0.6) is 5.88 Å². The summed E-state index contributed by atoms with van der Waals surface area (Å²) in [6, 6.07) is 8.90. The number of hydrogen-bond acceptors (Lipinski definition) is 4. The lowest BCUT2D eigenvalue weighted by atomic mass is 10.2. The van der Waals surface area contributed by atoms with Crippen LogP contribution in [0.25, 0.3) is 0 Å². The van der Waals surface area contributed by atoms with Crippen molar-refractivity contribution in [1.29, 1.82) is 0 Å². The standard InChI is InChI=1S/C14H14F3N3O.CH4/c1-21-12-6-5-11(14(15,16)17)13(20-12)19-10-4-2-3-9(7-10)8-18;/h2-7H,8,18H2,1H3,(H,19,20);1H4. The van der Waals surface area contributed by atoms with Crippen molar-refractivity contribution in [3.8, 4) is 5.88 Å². The maximum Gasteiger partial charge on any atom is 0.419 e. The molecule has 0 unspecified atom stereocenters. The van der Waals surface area contributed by atoms with Gasteiger partial charge >= 0.3 is 6.18 Å². The van der Waals surface area contributed by atoms with Gasteiger partial charge in [0.15, 0.2) is 0 Å². The van der Waals surface area contributed by atoms with E-state index in [4.69, 9.17) is 10.5 Å². The number of pyridine rings is 1. The minimum absolute atomic E-state index is 0. The van der Waals surface area contributed by atoms with Crippen LogP contribution in [-0.2, 0) is 12.7 Å². The highest BCUT2D eigenvalue weighted by Crippen LogP contribution is 2.36. The summed E-state index contributed by atoms with van der Waals surface area (Å²) < 4.78 is 43.8. The third-order valence-electron chi connectivity index (χ3n) is 2.81. The van der Waals surface area contributed by atoms with Crippen molar-refractivity contribution in [3.05, 3.63) is 47.5 Å². The van der Waals surface area contributed by atoms with Crippen LogP contribution in [0.15, 0.2) is 36.4 Å². The number of ether oxygens (including phenoxy) is 1. The Hall–Kier alpha value is -2.28. The molecule has 0 bridgehead atoms. The molecule has 0 fully saturated rings. The molecule has 7 heteroatoms. The molecule has 1 heterocycles. The van der Waals surface area contributed by atoms with Crippen molar-refractivity contribution in [3.63, 3.8) is 0 Å². The zero-order chi connectivity index (χ0) is 15.5. The molecule has 0 aliphatic heterocycles. The quantitative estimate of drug-likeness (QED) is 0.897. The van der Waals surface area contributed by atoms with Crippen molar-refractivity contribution in [2.45, 2.75) is 20.1 Å². The average Bonchev–Trinajstić information content (AvgIpc) is 2.46. The van der Waals surface area contributed by atoms with Crippen molar-refractivity contribution in [1.82, 2.24) is 4.98 Å². The predicted molar refractivity (Wildman–Crippen MR) is 80.1 cm³/mol. The van der Waals surface area contributed by atoms with Crippen LogP contribution in [0, 0.1) is 0 Å². The highest BCUT2D eigenvalue weighted by atomic mass is 19.4. The summed E-state index contributed by atoms with van der Waals surface area (Å²) >= 11 is 0. The Kier molecular flexibility index (Phi) is 5.76. The first-order valence-corrected chi connectivity index (χ1v) is 6.12. The van der Waals surface area contributed by atoms with E-state index < -0.39 is 11.7 Å². The molecule has 0 radical (unpaired) electrons. The van der Waals surface area contributed by atoms with E-state index in [1.165, 1.54) is 13.2 Å². The second kappa shape index (κ2) is 7.13. The fraction of sp³-hybridized carbons (Fsp3) is 0.267. The van der Waals surface area contributed by atoms with E-state index in [9.17, 15) is 13.2 Å². The summed E-state index contributed by atoms with van der Waals surface area (Å²) in [4.78, 5) is 3.82. The number of nitrogens with two attached hydrogens (primary N) is 1. The molecule has 0 atom stereocenters. The largest absolute Gasteiger partial charge is 0.481 e. The molecule has 0 saturated heterocycles. The van der Waals surface area contributed by atoms with Gasteiger partial charge in [-0.25, -0.2) is 0 Å². The first-order chi connectivity index (χ1) is 9.94. The molecule has 0 aliphatic rings. The Bertz CT molecular complexity index is 630. The van der Waals surface area contributed by atoms with Gasteiger partial charge in [0, 0.05) is 18.3 Å². The summed E-state index contributed by atoms with van der Waals surface area (Å²) in [5.41, 5.74) is 5.93. The summed E-state index contributed by atoms with van der Waals surface area (Å²) in [5, 5.41) is 2.66. The third kappa shape index (κ3) is 4.11. The molecule has 1 aromatic carbocycles. The van der Waals surface area contributed by atoms with E-state index in [1.54, 1.807) is 24.3 Å². The Morgan fingerprint density at radius 1 is 1.23 bits per heavy atom. The number of halogens is 3. The smallest absolute Gasteiger partial charge is 0.419 e. The molecule has 22 heavy (non-hydrogen) atoms. The predicted octanol–water partition coefficient (Wildman–Crippen LogP) is 3.95. The Morgan fingerprint density at radius 2 is 1.95 bits per heavy atom. The summed E-state index contributed by atoms with van der Waals surface area (Å²) in [6.07, 6.45) is -4.51. The van der Waals surface area contributed by atoms with Gasteiger partial charge in [-0.05, 0) is 23.8 Å². The van der Waals surface area contributed by atoms with E-state index >= 15 is 0 Å². The number of anilines is 2. The van der Waals surface area contributed by atoms with Crippen LogP contribution in [0.4, 0.5) is 24.7 Å². The van der Waals surface area contributed by atoms with Crippen molar-refractivity contribution in [2.24, 2.45) is 5.73 Å². The van der Waals surface area contributed by atoms with Crippen LogP contribution < -0.4 is 15.8 Å². The highest BCUT2D eigenvalue weighted by Gasteiger charge is 2.34. The van der Waals surface area contributed by atoms with E-state index in [0.717, 1.165) is 11.6 Å². The van der Waals surface area contributed by atoms with E-state index in [-0.39, 0.29) is 19.1 Å². The number of hydrogen-bond donors (Lipinski definition) is 2. The molecule has 0 aliphatic carbocycles. The molecule has 120 valence electrons. The fourth-order valence-electron chi connectivity index (χ4n) is 1.79. The average molecular weight is 313 g/mol. The normalized spacial score (nSPS) is 10.8. The number of nitrogens with zero attached hydrogens (tertiary/aromatic N) is 1. The lowest BCUT2D eigenvalue weighted by Gasteiger charge is -2.15. The van der Waals surface area contributed by atoms with Crippen LogP contribution in [-0.4, -0.2) is 12.1 Å². The summed E-state index contributed by atoms with van der Waals surface area (Å²) in [7, 11) is 1.34. The second-order valence-corrected chi connectivity index (χ2v) is 4.28. The van der Waals surface area contributed by atoms with Gasteiger partial charge < -0.3 is 15.8 Å². The number of alkyl halides is 3. The number of rotatable bonds is 4. The molecule has 0 amide bonds. The molecular formula is C15H18F3N3O. The molecule has 2 aromatic rings. The molecule has 3 N–H and O–H groups in total. The number of methoxy groups -OCH3 is 1. The van der Waals surface area contributed by atoms with Gasteiger partial charge in [-0.2, -0.15) is 18.2 Å². The van der Waals surface area contributed by atoms with Gasteiger partial charge in [-0.15, -0.1) is 0 Å². The van der Waals surface area contributed by atoms with Crippen molar-refractivity contribution < 1.29 is 17.9 Å². The SMILES string of the molecule is C.COc1ccc(C(F)(F)F)c(Nc2cccc(CN)c2)n1. The number of benzene rings is 1. The van der Waals surface area contributed by atoms with Gasteiger partial charge in [-0.3, -0.25) is 0 Å². The maximum atomic E-state index is 13.0. The first-order valence-electron chi connectivity index (χ1n) is 6.12. The zero-order valence-corrected chi connectivity index (χ0v) is 11.2. The molecule has 4 nitrogen and oxygen atoms in total. The topological polar surface area (TPSA) is 60.2 Å². The van der Waals surface area contributed by atoms with Crippen LogP contribution in [0.3, 0.4) is 0 Å². The number of nitrogens with one attached hydrogen (secondary N) is 1. The first kappa shape index (κ1) is 17.8.